The Hall–Kier alpha value is -2.11. The number of benzene rings is 2. The highest BCUT2D eigenvalue weighted by Crippen LogP contribution is 2.36. The molecule has 0 radical (unpaired) electrons. The van der Waals surface area contributed by atoms with E-state index in [4.69, 9.17) is 17.0 Å². The Morgan fingerprint density at radius 1 is 1.17 bits per heavy atom. The van der Waals surface area contributed by atoms with E-state index in [0.29, 0.717) is 9.23 Å². The van der Waals surface area contributed by atoms with Gasteiger partial charge in [-0.1, -0.05) is 53.8 Å². The van der Waals surface area contributed by atoms with E-state index in [2.05, 4.69) is 0 Å². The van der Waals surface area contributed by atoms with Gasteiger partial charge in [-0.05, 0) is 42.8 Å². The fraction of sp³-hybridized carbons (Fsp3) is 0.111. The number of hydrogen-bond acceptors (Lipinski definition) is 4. The lowest BCUT2D eigenvalue weighted by atomic mass is 10.1. The summed E-state index contributed by atoms with van der Waals surface area (Å²) < 4.78 is 5.68. The van der Waals surface area contributed by atoms with Crippen LogP contribution in [0.3, 0.4) is 0 Å². The largest absolute Gasteiger partial charge is 0.497 e. The van der Waals surface area contributed by atoms with Crippen molar-refractivity contribution in [1.82, 2.24) is 0 Å². The maximum atomic E-state index is 12.7. The molecule has 0 saturated carbocycles. The van der Waals surface area contributed by atoms with Crippen LogP contribution in [-0.4, -0.2) is 17.3 Å². The molecule has 1 aliphatic heterocycles. The van der Waals surface area contributed by atoms with Crippen molar-refractivity contribution in [2.24, 2.45) is 0 Å². The summed E-state index contributed by atoms with van der Waals surface area (Å²) in [6.45, 7) is 2.03. The van der Waals surface area contributed by atoms with Crippen molar-refractivity contribution >= 4 is 46.0 Å². The normalized spacial score (nSPS) is 16.3. The summed E-state index contributed by atoms with van der Waals surface area (Å²) in [5, 5.41) is 0. The SMILES string of the molecule is COc1ccc(N2C(=O)/C(=C/c3cccc(C)c3)SC2=S)cc1. The van der Waals surface area contributed by atoms with Crippen molar-refractivity contribution in [2.75, 3.05) is 12.0 Å². The van der Waals surface area contributed by atoms with E-state index in [0.717, 1.165) is 22.6 Å². The molecule has 0 unspecified atom stereocenters. The van der Waals surface area contributed by atoms with E-state index in [9.17, 15) is 4.79 Å². The fourth-order valence-electron chi connectivity index (χ4n) is 2.33. The monoisotopic (exact) mass is 341 g/mol. The summed E-state index contributed by atoms with van der Waals surface area (Å²) in [5.41, 5.74) is 2.91. The molecule has 2 aromatic rings. The second-order valence-corrected chi connectivity index (χ2v) is 6.81. The molecule has 0 spiro atoms. The zero-order chi connectivity index (χ0) is 16.4. The third-order valence-corrected chi connectivity index (χ3v) is 4.77. The predicted octanol–water partition coefficient (Wildman–Crippen LogP) is 4.41. The molecule has 23 heavy (non-hydrogen) atoms. The second-order valence-electron chi connectivity index (χ2n) is 5.13. The number of methoxy groups -OCH3 is 1. The molecule has 116 valence electrons. The van der Waals surface area contributed by atoms with Crippen LogP contribution >= 0.6 is 24.0 Å². The number of amides is 1. The first kappa shape index (κ1) is 15.8. The number of ether oxygens (including phenoxy) is 1. The highest BCUT2D eigenvalue weighted by Gasteiger charge is 2.33. The molecule has 0 aromatic heterocycles. The van der Waals surface area contributed by atoms with Crippen molar-refractivity contribution in [1.29, 1.82) is 0 Å². The van der Waals surface area contributed by atoms with Crippen LogP contribution in [0.1, 0.15) is 11.1 Å². The molecule has 1 saturated heterocycles. The Balaban J connectivity index is 1.90. The van der Waals surface area contributed by atoms with E-state index in [1.165, 1.54) is 11.8 Å². The van der Waals surface area contributed by atoms with Gasteiger partial charge in [0.05, 0.1) is 17.7 Å². The minimum Gasteiger partial charge on any atom is -0.497 e. The average molecular weight is 341 g/mol. The summed E-state index contributed by atoms with van der Waals surface area (Å²) in [5.74, 6) is 0.654. The molecule has 1 fully saturated rings. The Morgan fingerprint density at radius 2 is 1.91 bits per heavy atom. The van der Waals surface area contributed by atoms with Crippen LogP contribution < -0.4 is 9.64 Å². The van der Waals surface area contributed by atoms with E-state index in [1.54, 1.807) is 12.0 Å². The maximum absolute atomic E-state index is 12.7. The van der Waals surface area contributed by atoms with Crippen molar-refractivity contribution in [3.05, 3.63) is 64.6 Å². The van der Waals surface area contributed by atoms with Crippen LogP contribution in [0.2, 0.25) is 0 Å². The highest BCUT2D eigenvalue weighted by molar-refractivity contribution is 8.27. The molecular weight excluding hydrogens is 326 g/mol. The van der Waals surface area contributed by atoms with Gasteiger partial charge in [0.1, 0.15) is 5.75 Å². The number of carbonyl (C=O) groups is 1. The number of aryl methyl sites for hydroxylation is 1. The number of rotatable bonds is 3. The molecule has 1 aliphatic rings. The molecule has 0 aliphatic carbocycles. The first-order valence-electron chi connectivity index (χ1n) is 7.07. The molecule has 5 heteroatoms. The first-order valence-corrected chi connectivity index (χ1v) is 8.29. The molecule has 1 amide bonds. The summed E-state index contributed by atoms with van der Waals surface area (Å²) in [4.78, 5) is 14.9. The summed E-state index contributed by atoms with van der Waals surface area (Å²) in [6.07, 6.45) is 1.88. The minimum atomic E-state index is -0.0910. The van der Waals surface area contributed by atoms with Crippen LogP contribution in [0.15, 0.2) is 53.4 Å². The Kier molecular flexibility index (Phi) is 4.50. The summed E-state index contributed by atoms with van der Waals surface area (Å²) >= 11 is 6.70. The van der Waals surface area contributed by atoms with E-state index in [-0.39, 0.29) is 5.91 Å². The van der Waals surface area contributed by atoms with Crippen LogP contribution in [0.4, 0.5) is 5.69 Å². The lowest BCUT2D eigenvalue weighted by Gasteiger charge is -2.14. The van der Waals surface area contributed by atoms with Crippen LogP contribution in [0.25, 0.3) is 6.08 Å². The quantitative estimate of drug-likeness (QED) is 0.611. The van der Waals surface area contributed by atoms with Gasteiger partial charge < -0.3 is 4.74 Å². The van der Waals surface area contributed by atoms with Gasteiger partial charge in [-0.2, -0.15) is 0 Å². The van der Waals surface area contributed by atoms with Gasteiger partial charge in [0.15, 0.2) is 4.32 Å². The van der Waals surface area contributed by atoms with E-state index < -0.39 is 0 Å². The lowest BCUT2D eigenvalue weighted by Crippen LogP contribution is -2.27. The average Bonchev–Trinajstić information content (AvgIpc) is 2.81. The van der Waals surface area contributed by atoms with E-state index >= 15 is 0 Å². The third kappa shape index (κ3) is 3.30. The Labute approximate surface area is 144 Å². The number of hydrogen-bond donors (Lipinski definition) is 0. The number of nitrogens with zero attached hydrogens (tertiary/aromatic N) is 1. The van der Waals surface area contributed by atoms with Gasteiger partial charge >= 0.3 is 0 Å². The van der Waals surface area contributed by atoms with Gasteiger partial charge in [-0.25, -0.2) is 0 Å². The fourth-order valence-corrected chi connectivity index (χ4v) is 3.63. The first-order chi connectivity index (χ1) is 11.1. The van der Waals surface area contributed by atoms with Crippen molar-refractivity contribution < 1.29 is 9.53 Å². The van der Waals surface area contributed by atoms with Gasteiger partial charge in [-0.3, -0.25) is 9.69 Å². The lowest BCUT2D eigenvalue weighted by molar-refractivity contribution is -0.113. The van der Waals surface area contributed by atoms with Gasteiger partial charge in [0, 0.05) is 0 Å². The molecule has 3 rings (SSSR count). The van der Waals surface area contributed by atoms with Crippen molar-refractivity contribution in [3.8, 4) is 5.75 Å². The van der Waals surface area contributed by atoms with E-state index in [1.807, 2.05) is 61.5 Å². The zero-order valence-corrected chi connectivity index (χ0v) is 14.4. The highest BCUT2D eigenvalue weighted by atomic mass is 32.2. The molecular formula is C18H15NO2S2. The molecule has 1 heterocycles. The smallest absolute Gasteiger partial charge is 0.270 e. The molecule has 3 nitrogen and oxygen atoms in total. The third-order valence-electron chi connectivity index (χ3n) is 3.46. The topological polar surface area (TPSA) is 29.5 Å². The van der Waals surface area contributed by atoms with Gasteiger partial charge in [-0.15, -0.1) is 0 Å². The Bertz CT molecular complexity index is 797. The summed E-state index contributed by atoms with van der Waals surface area (Å²) in [7, 11) is 1.61. The van der Waals surface area contributed by atoms with Gasteiger partial charge in [0.2, 0.25) is 0 Å². The Morgan fingerprint density at radius 3 is 2.57 bits per heavy atom. The number of carbonyl (C=O) groups excluding carboxylic acids is 1. The number of thiocarbonyl (C=S) groups is 1. The van der Waals surface area contributed by atoms with Crippen LogP contribution in [0.5, 0.6) is 5.75 Å². The number of anilines is 1. The number of thioether (sulfide) groups is 1. The molecule has 0 atom stereocenters. The second kappa shape index (κ2) is 6.56. The maximum Gasteiger partial charge on any atom is 0.270 e. The predicted molar refractivity (Wildman–Crippen MR) is 99.8 cm³/mol. The van der Waals surface area contributed by atoms with Crippen molar-refractivity contribution in [3.63, 3.8) is 0 Å². The molecule has 2 aromatic carbocycles. The van der Waals surface area contributed by atoms with Crippen LogP contribution in [-0.2, 0) is 4.79 Å². The zero-order valence-electron chi connectivity index (χ0n) is 12.8. The summed E-state index contributed by atoms with van der Waals surface area (Å²) in [6, 6.07) is 15.3. The standard InChI is InChI=1S/C18H15NO2S2/c1-12-4-3-5-13(10-12)11-16-17(20)19(18(22)23-16)14-6-8-15(21-2)9-7-14/h3-11H,1-2H3/b16-11-. The molecule has 0 N–H and O–H groups in total. The van der Waals surface area contributed by atoms with Crippen LogP contribution in [0, 0.1) is 6.92 Å². The van der Waals surface area contributed by atoms with Gasteiger partial charge in [0.25, 0.3) is 5.91 Å². The van der Waals surface area contributed by atoms with Crippen molar-refractivity contribution in [2.45, 2.75) is 6.92 Å². The minimum absolute atomic E-state index is 0.0910. The molecule has 0 bridgehead atoms.